The highest BCUT2D eigenvalue weighted by molar-refractivity contribution is 5.98. The number of likely N-dealkylation sites (tertiary alicyclic amines) is 1. The smallest absolute Gasteiger partial charge is 0.341 e. The van der Waals surface area contributed by atoms with Crippen molar-refractivity contribution in [3.8, 4) is 11.4 Å². The lowest BCUT2D eigenvalue weighted by Crippen LogP contribution is -2.60. The molecule has 1 spiro atoms. The van der Waals surface area contributed by atoms with Gasteiger partial charge in [0.2, 0.25) is 17.6 Å². The van der Waals surface area contributed by atoms with Crippen molar-refractivity contribution in [2.45, 2.75) is 44.4 Å². The van der Waals surface area contributed by atoms with E-state index in [9.17, 15) is 31.9 Å². The van der Waals surface area contributed by atoms with Gasteiger partial charge in [0, 0.05) is 31.4 Å². The summed E-state index contributed by atoms with van der Waals surface area (Å²) in [6.07, 6.45) is -4.14. The number of carbonyl (C=O) groups excluding carboxylic acids is 3. The Morgan fingerprint density at radius 3 is 2.33 bits per heavy atom. The number of nitrogens with one attached hydrogen (secondary N) is 2. The van der Waals surface area contributed by atoms with E-state index in [0.717, 1.165) is 11.3 Å². The van der Waals surface area contributed by atoms with Crippen molar-refractivity contribution < 1.29 is 31.9 Å². The summed E-state index contributed by atoms with van der Waals surface area (Å²) in [7, 11) is 1.71. The van der Waals surface area contributed by atoms with E-state index in [1.165, 1.54) is 4.90 Å². The van der Waals surface area contributed by atoms with E-state index >= 15 is 0 Å². The molecular formula is C28H30F4N8O3. The molecule has 0 saturated carbocycles. The molecule has 2 N–H and O–H groups in total. The number of aromatic amines is 1. The quantitative estimate of drug-likeness (QED) is 0.415. The Hall–Kier alpha value is -4.56. The fourth-order valence-electron chi connectivity index (χ4n) is 5.67. The SMILES string of the molecule is CC(C)[C@@H](NC(=O)c1cc(C(F)(F)F)ccc1F)C(=O)N1CCC2(CC1)C(=O)N(C)CN2c1ccc(-c2nn[nH]n2)cc1. The van der Waals surface area contributed by atoms with Crippen molar-refractivity contribution in [1.29, 1.82) is 0 Å². The monoisotopic (exact) mass is 602 g/mol. The van der Waals surface area contributed by atoms with Crippen LogP contribution in [0.1, 0.15) is 42.6 Å². The second-order valence-electron chi connectivity index (χ2n) is 11.1. The number of rotatable bonds is 6. The van der Waals surface area contributed by atoms with Crippen LogP contribution in [0.3, 0.4) is 0 Å². The van der Waals surface area contributed by atoms with Gasteiger partial charge in [-0.15, -0.1) is 10.2 Å². The lowest BCUT2D eigenvalue weighted by molar-refractivity contribution is -0.139. The average Bonchev–Trinajstić information content (AvgIpc) is 3.59. The minimum Gasteiger partial charge on any atom is -0.341 e. The van der Waals surface area contributed by atoms with Crippen molar-refractivity contribution in [3.05, 3.63) is 59.4 Å². The van der Waals surface area contributed by atoms with E-state index < -0.39 is 52.4 Å². The first-order valence-corrected chi connectivity index (χ1v) is 13.7. The summed E-state index contributed by atoms with van der Waals surface area (Å²) in [5.41, 5.74) is -1.31. The molecule has 5 rings (SSSR count). The van der Waals surface area contributed by atoms with Crippen LogP contribution in [-0.4, -0.2) is 86.5 Å². The van der Waals surface area contributed by atoms with Crippen LogP contribution in [0.5, 0.6) is 0 Å². The first kappa shape index (κ1) is 29.9. The summed E-state index contributed by atoms with van der Waals surface area (Å²) in [5.74, 6) is -2.79. The van der Waals surface area contributed by atoms with Gasteiger partial charge in [-0.25, -0.2) is 4.39 Å². The number of piperidine rings is 1. The summed E-state index contributed by atoms with van der Waals surface area (Å²) in [6.45, 7) is 4.10. The number of hydrogen-bond acceptors (Lipinski definition) is 7. The molecule has 0 unspecified atom stereocenters. The van der Waals surface area contributed by atoms with Crippen LogP contribution in [0, 0.1) is 11.7 Å². The van der Waals surface area contributed by atoms with E-state index in [-0.39, 0.29) is 19.0 Å². The van der Waals surface area contributed by atoms with Crippen LogP contribution in [0.25, 0.3) is 11.4 Å². The number of anilines is 1. The molecule has 2 saturated heterocycles. The minimum atomic E-state index is -4.77. The van der Waals surface area contributed by atoms with Crippen molar-refractivity contribution >= 4 is 23.4 Å². The number of nitrogens with zero attached hydrogens (tertiary/aromatic N) is 6. The number of halogens is 4. The van der Waals surface area contributed by atoms with Gasteiger partial charge in [-0.2, -0.15) is 18.4 Å². The first-order chi connectivity index (χ1) is 20.3. The molecule has 2 aliphatic heterocycles. The molecule has 3 amide bonds. The average molecular weight is 603 g/mol. The zero-order chi connectivity index (χ0) is 31.1. The first-order valence-electron chi connectivity index (χ1n) is 13.7. The fraction of sp³-hybridized carbons (Fsp3) is 0.429. The van der Waals surface area contributed by atoms with Gasteiger partial charge >= 0.3 is 6.18 Å². The maximum atomic E-state index is 14.3. The third-order valence-corrected chi connectivity index (χ3v) is 8.06. The Balaban J connectivity index is 1.31. The standard InChI is InChI=1S/C28H30F4N8O3/c1-16(2)22(33-24(41)20-14-18(28(30,31)32)6-9-21(20)29)25(42)39-12-10-27(11-13-39)26(43)38(3)15-40(27)19-7-4-17(5-8-19)23-34-36-37-35-23/h4-9,14,16,22H,10-13,15H2,1-3H3,(H,33,41)(H,34,35,36,37)/t22-/m1/s1. The van der Waals surface area contributed by atoms with Crippen LogP contribution < -0.4 is 10.2 Å². The molecule has 0 radical (unpaired) electrons. The number of aromatic nitrogens is 4. The second-order valence-corrected chi connectivity index (χ2v) is 11.1. The molecular weight excluding hydrogens is 572 g/mol. The Labute approximate surface area is 244 Å². The predicted octanol–water partition coefficient (Wildman–Crippen LogP) is 3.08. The van der Waals surface area contributed by atoms with Crippen molar-refractivity contribution in [2.24, 2.45) is 5.92 Å². The maximum absolute atomic E-state index is 14.3. The number of tetrazole rings is 1. The van der Waals surface area contributed by atoms with Crippen molar-refractivity contribution in [1.82, 2.24) is 35.7 Å². The van der Waals surface area contributed by atoms with Gasteiger partial charge in [0.15, 0.2) is 0 Å². The summed E-state index contributed by atoms with van der Waals surface area (Å²) >= 11 is 0. The molecule has 3 aromatic rings. The normalized spacial score (nSPS) is 17.6. The molecule has 1 aromatic heterocycles. The minimum absolute atomic E-state index is 0.0735. The topological polar surface area (TPSA) is 127 Å². The zero-order valence-electron chi connectivity index (χ0n) is 23.7. The maximum Gasteiger partial charge on any atom is 0.416 e. The number of likely N-dealkylation sites (N-methyl/N-ethyl adjacent to an activating group) is 1. The van der Waals surface area contributed by atoms with E-state index in [0.29, 0.717) is 43.5 Å². The number of carbonyl (C=O) groups is 3. The number of benzene rings is 2. The molecule has 2 aromatic carbocycles. The van der Waals surface area contributed by atoms with Crippen LogP contribution in [0.2, 0.25) is 0 Å². The van der Waals surface area contributed by atoms with E-state index in [4.69, 9.17) is 0 Å². The molecule has 43 heavy (non-hydrogen) atoms. The third kappa shape index (κ3) is 5.62. The lowest BCUT2D eigenvalue weighted by atomic mass is 9.85. The molecule has 2 aliphatic rings. The Morgan fingerprint density at radius 1 is 1.07 bits per heavy atom. The fourth-order valence-corrected chi connectivity index (χ4v) is 5.67. The Morgan fingerprint density at radius 2 is 1.74 bits per heavy atom. The van der Waals surface area contributed by atoms with Crippen LogP contribution in [0.4, 0.5) is 23.2 Å². The van der Waals surface area contributed by atoms with Crippen LogP contribution >= 0.6 is 0 Å². The van der Waals surface area contributed by atoms with Gasteiger partial charge in [0.05, 0.1) is 17.8 Å². The Bertz CT molecular complexity index is 1500. The van der Waals surface area contributed by atoms with Gasteiger partial charge in [-0.1, -0.05) is 13.8 Å². The summed E-state index contributed by atoms with van der Waals surface area (Å²) in [6, 6.07) is 7.84. The van der Waals surface area contributed by atoms with Gasteiger partial charge in [-0.05, 0) is 66.4 Å². The molecule has 11 nitrogen and oxygen atoms in total. The summed E-state index contributed by atoms with van der Waals surface area (Å²) < 4.78 is 53.8. The van der Waals surface area contributed by atoms with E-state index in [1.54, 1.807) is 25.8 Å². The van der Waals surface area contributed by atoms with Crippen molar-refractivity contribution in [3.63, 3.8) is 0 Å². The molecule has 0 aliphatic carbocycles. The third-order valence-electron chi connectivity index (χ3n) is 8.06. The summed E-state index contributed by atoms with van der Waals surface area (Å²) in [5, 5.41) is 16.4. The zero-order valence-corrected chi connectivity index (χ0v) is 23.7. The number of alkyl halides is 3. The number of amides is 3. The molecule has 2 fully saturated rings. The molecule has 0 bridgehead atoms. The highest BCUT2D eigenvalue weighted by Crippen LogP contribution is 2.39. The largest absolute Gasteiger partial charge is 0.416 e. The van der Waals surface area contributed by atoms with E-state index in [2.05, 4.69) is 25.9 Å². The van der Waals surface area contributed by atoms with Gasteiger partial charge < -0.3 is 20.0 Å². The van der Waals surface area contributed by atoms with Gasteiger partial charge in [0.1, 0.15) is 17.4 Å². The molecule has 1 atom stereocenters. The molecule has 15 heteroatoms. The Kier molecular flexibility index (Phi) is 7.84. The highest BCUT2D eigenvalue weighted by Gasteiger charge is 2.53. The van der Waals surface area contributed by atoms with E-state index in [1.807, 2.05) is 29.2 Å². The van der Waals surface area contributed by atoms with Crippen molar-refractivity contribution in [2.75, 3.05) is 31.7 Å². The molecule has 3 heterocycles. The number of H-pyrrole nitrogens is 1. The van der Waals surface area contributed by atoms with Gasteiger partial charge in [0.25, 0.3) is 5.91 Å². The predicted molar refractivity (Wildman–Crippen MR) is 146 cm³/mol. The second kappa shape index (κ2) is 11.3. The number of hydrogen-bond donors (Lipinski definition) is 2. The highest BCUT2D eigenvalue weighted by atomic mass is 19.4. The van der Waals surface area contributed by atoms with Crippen LogP contribution in [0.15, 0.2) is 42.5 Å². The molecule has 228 valence electrons. The van der Waals surface area contributed by atoms with Crippen LogP contribution in [-0.2, 0) is 15.8 Å². The lowest BCUT2D eigenvalue weighted by Gasteiger charge is -2.44. The van der Waals surface area contributed by atoms with Gasteiger partial charge in [-0.3, -0.25) is 14.4 Å². The summed E-state index contributed by atoms with van der Waals surface area (Å²) in [4.78, 5) is 45.1.